The van der Waals surface area contributed by atoms with Crippen LogP contribution < -0.4 is 5.32 Å². The number of hydrogen-bond acceptors (Lipinski definition) is 3. The molecule has 2 rings (SSSR count). The van der Waals surface area contributed by atoms with Crippen LogP contribution in [-0.2, 0) is 11.2 Å². The number of rotatable bonds is 6. The Labute approximate surface area is 152 Å². The molecule has 2 aromatic rings. The number of carbonyl (C=O) groups excluding carboxylic acids is 1. The SMILES string of the molecule is CNCCN(C)C(=O)Cc1c(C)nn(-c2ccc(Cl)cc2Cl)c1C. The highest BCUT2D eigenvalue weighted by molar-refractivity contribution is 6.35. The zero-order chi connectivity index (χ0) is 17.9. The van der Waals surface area contributed by atoms with Gasteiger partial charge in [0.05, 0.1) is 22.8 Å². The van der Waals surface area contributed by atoms with Gasteiger partial charge in [-0.2, -0.15) is 5.10 Å². The first-order valence-electron chi connectivity index (χ1n) is 7.74. The predicted molar refractivity (Wildman–Crippen MR) is 98.3 cm³/mol. The van der Waals surface area contributed by atoms with E-state index in [0.29, 0.717) is 23.0 Å². The molecule has 0 saturated carbocycles. The van der Waals surface area contributed by atoms with Crippen molar-refractivity contribution in [3.63, 3.8) is 0 Å². The quantitative estimate of drug-likeness (QED) is 0.852. The second kappa shape index (κ2) is 8.01. The van der Waals surface area contributed by atoms with Crippen LogP contribution in [0.5, 0.6) is 0 Å². The van der Waals surface area contributed by atoms with E-state index in [2.05, 4.69) is 10.4 Å². The third-order valence-electron chi connectivity index (χ3n) is 4.03. The highest BCUT2D eigenvalue weighted by Gasteiger charge is 2.19. The van der Waals surface area contributed by atoms with Gasteiger partial charge in [0, 0.05) is 36.4 Å². The molecule has 0 aliphatic rings. The van der Waals surface area contributed by atoms with Gasteiger partial charge in [-0.1, -0.05) is 23.2 Å². The van der Waals surface area contributed by atoms with Gasteiger partial charge < -0.3 is 10.2 Å². The van der Waals surface area contributed by atoms with Crippen LogP contribution >= 0.6 is 23.2 Å². The average molecular weight is 369 g/mol. The minimum absolute atomic E-state index is 0.0678. The number of aryl methyl sites for hydroxylation is 1. The van der Waals surface area contributed by atoms with E-state index in [4.69, 9.17) is 23.2 Å². The van der Waals surface area contributed by atoms with Gasteiger partial charge in [-0.25, -0.2) is 4.68 Å². The third kappa shape index (κ3) is 4.09. The summed E-state index contributed by atoms with van der Waals surface area (Å²) in [5, 5.41) is 8.69. The maximum absolute atomic E-state index is 12.4. The van der Waals surface area contributed by atoms with Crippen molar-refractivity contribution in [3.8, 4) is 5.69 Å². The lowest BCUT2D eigenvalue weighted by Crippen LogP contribution is -2.34. The first-order chi connectivity index (χ1) is 11.3. The van der Waals surface area contributed by atoms with E-state index in [1.807, 2.05) is 34.0 Å². The summed E-state index contributed by atoms with van der Waals surface area (Å²) in [6.45, 7) is 5.29. The second-order valence-corrected chi connectivity index (χ2v) is 6.60. The van der Waals surface area contributed by atoms with Crippen LogP contribution in [-0.4, -0.2) is 47.8 Å². The third-order valence-corrected chi connectivity index (χ3v) is 4.57. The maximum Gasteiger partial charge on any atom is 0.226 e. The molecule has 0 radical (unpaired) electrons. The zero-order valence-corrected chi connectivity index (χ0v) is 15.9. The average Bonchev–Trinajstić information content (AvgIpc) is 2.80. The number of amides is 1. The summed E-state index contributed by atoms with van der Waals surface area (Å²) >= 11 is 12.2. The summed E-state index contributed by atoms with van der Waals surface area (Å²) in [6, 6.07) is 5.29. The van der Waals surface area contributed by atoms with Crippen LogP contribution in [0, 0.1) is 13.8 Å². The molecule has 24 heavy (non-hydrogen) atoms. The molecule has 5 nitrogen and oxygen atoms in total. The monoisotopic (exact) mass is 368 g/mol. The minimum Gasteiger partial charge on any atom is -0.344 e. The number of hydrogen-bond donors (Lipinski definition) is 1. The molecule has 130 valence electrons. The van der Waals surface area contributed by atoms with Gasteiger partial charge in [-0.05, 0) is 39.1 Å². The Hall–Kier alpha value is -1.56. The molecule has 0 aliphatic heterocycles. The number of aromatic nitrogens is 2. The Morgan fingerprint density at radius 2 is 2.04 bits per heavy atom. The minimum atomic E-state index is 0.0678. The Morgan fingerprint density at radius 3 is 2.67 bits per heavy atom. The van der Waals surface area contributed by atoms with Gasteiger partial charge in [0.25, 0.3) is 0 Å². The molecular weight excluding hydrogens is 347 g/mol. The van der Waals surface area contributed by atoms with Gasteiger partial charge in [-0.15, -0.1) is 0 Å². The topological polar surface area (TPSA) is 50.2 Å². The fraction of sp³-hybridized carbons (Fsp3) is 0.412. The largest absolute Gasteiger partial charge is 0.344 e. The Bertz CT molecular complexity index is 742. The molecule has 7 heteroatoms. The molecule has 0 fully saturated rings. The normalized spacial score (nSPS) is 10.9. The lowest BCUT2D eigenvalue weighted by atomic mass is 10.1. The van der Waals surface area contributed by atoms with Crippen LogP contribution in [0.2, 0.25) is 10.0 Å². The fourth-order valence-electron chi connectivity index (χ4n) is 2.51. The number of likely N-dealkylation sites (N-methyl/N-ethyl adjacent to an activating group) is 2. The van der Waals surface area contributed by atoms with Crippen molar-refractivity contribution in [2.75, 3.05) is 27.2 Å². The highest BCUT2D eigenvalue weighted by Crippen LogP contribution is 2.27. The number of carbonyl (C=O) groups is 1. The van der Waals surface area contributed by atoms with Gasteiger partial charge in [0.1, 0.15) is 0 Å². The van der Waals surface area contributed by atoms with E-state index >= 15 is 0 Å². The Kier molecular flexibility index (Phi) is 6.27. The van der Waals surface area contributed by atoms with Crippen molar-refractivity contribution in [2.24, 2.45) is 0 Å². The van der Waals surface area contributed by atoms with Crippen LogP contribution in [0.1, 0.15) is 17.0 Å². The van der Waals surface area contributed by atoms with E-state index in [-0.39, 0.29) is 5.91 Å². The molecule has 0 spiro atoms. The van der Waals surface area contributed by atoms with E-state index in [1.165, 1.54) is 0 Å². The molecular formula is C17H22Cl2N4O. The number of nitrogens with zero attached hydrogens (tertiary/aromatic N) is 3. The van der Waals surface area contributed by atoms with E-state index < -0.39 is 0 Å². The smallest absolute Gasteiger partial charge is 0.226 e. The van der Waals surface area contributed by atoms with Gasteiger partial charge in [-0.3, -0.25) is 4.79 Å². The molecule has 0 atom stereocenters. The van der Waals surface area contributed by atoms with Crippen molar-refractivity contribution in [1.29, 1.82) is 0 Å². The molecule has 1 amide bonds. The standard InChI is InChI=1S/C17H22Cl2N4O/c1-11-14(10-17(24)22(4)8-7-20-3)12(2)23(21-11)16-6-5-13(18)9-15(16)19/h5-6,9,20H,7-8,10H2,1-4H3. The summed E-state index contributed by atoms with van der Waals surface area (Å²) in [7, 11) is 3.68. The molecule has 1 heterocycles. The summed E-state index contributed by atoms with van der Waals surface area (Å²) in [4.78, 5) is 14.1. The van der Waals surface area contributed by atoms with Crippen LogP contribution in [0.15, 0.2) is 18.2 Å². The van der Waals surface area contributed by atoms with E-state index in [9.17, 15) is 4.79 Å². The van der Waals surface area contributed by atoms with Gasteiger partial charge in [0.2, 0.25) is 5.91 Å². The molecule has 1 aromatic carbocycles. The molecule has 0 bridgehead atoms. The number of halogens is 2. The number of nitrogens with one attached hydrogen (secondary N) is 1. The van der Waals surface area contributed by atoms with E-state index in [0.717, 1.165) is 29.2 Å². The Balaban J connectivity index is 2.27. The summed E-state index contributed by atoms with van der Waals surface area (Å²) < 4.78 is 1.77. The van der Waals surface area contributed by atoms with Crippen molar-refractivity contribution in [2.45, 2.75) is 20.3 Å². The molecule has 0 saturated heterocycles. The second-order valence-electron chi connectivity index (χ2n) is 5.75. The van der Waals surface area contributed by atoms with Crippen molar-refractivity contribution in [3.05, 3.63) is 45.2 Å². The lowest BCUT2D eigenvalue weighted by molar-refractivity contribution is -0.129. The summed E-state index contributed by atoms with van der Waals surface area (Å²) in [5.41, 5.74) is 3.42. The molecule has 0 aliphatic carbocycles. The molecule has 0 unspecified atom stereocenters. The van der Waals surface area contributed by atoms with E-state index in [1.54, 1.807) is 21.7 Å². The van der Waals surface area contributed by atoms with Gasteiger partial charge in [0.15, 0.2) is 0 Å². The molecule has 1 aromatic heterocycles. The van der Waals surface area contributed by atoms with Crippen LogP contribution in [0.25, 0.3) is 5.69 Å². The van der Waals surface area contributed by atoms with Gasteiger partial charge >= 0.3 is 0 Å². The van der Waals surface area contributed by atoms with Crippen LogP contribution in [0.4, 0.5) is 0 Å². The summed E-state index contributed by atoms with van der Waals surface area (Å²) in [5.74, 6) is 0.0678. The highest BCUT2D eigenvalue weighted by atomic mass is 35.5. The molecule has 1 N–H and O–H groups in total. The lowest BCUT2D eigenvalue weighted by Gasteiger charge is -2.17. The zero-order valence-electron chi connectivity index (χ0n) is 14.4. The fourth-order valence-corrected chi connectivity index (χ4v) is 3.00. The first-order valence-corrected chi connectivity index (χ1v) is 8.49. The number of benzene rings is 1. The maximum atomic E-state index is 12.4. The first kappa shape index (κ1) is 18.8. The Morgan fingerprint density at radius 1 is 1.33 bits per heavy atom. The van der Waals surface area contributed by atoms with Crippen LogP contribution in [0.3, 0.4) is 0 Å². The van der Waals surface area contributed by atoms with Crippen molar-refractivity contribution in [1.82, 2.24) is 20.0 Å². The summed E-state index contributed by atoms with van der Waals surface area (Å²) in [6.07, 6.45) is 0.323. The van der Waals surface area contributed by atoms with Crippen molar-refractivity contribution >= 4 is 29.1 Å². The predicted octanol–water partition coefficient (Wildman–Crippen LogP) is 3.02. The van der Waals surface area contributed by atoms with Crippen molar-refractivity contribution < 1.29 is 4.79 Å².